The molecule has 1 N–H and O–H groups in total. The van der Waals surface area contributed by atoms with E-state index in [1.54, 1.807) is 30.3 Å². The van der Waals surface area contributed by atoms with Crippen molar-refractivity contribution in [3.05, 3.63) is 99.5 Å². The maximum absolute atomic E-state index is 14.2. The van der Waals surface area contributed by atoms with Crippen molar-refractivity contribution in [1.29, 1.82) is 0 Å². The van der Waals surface area contributed by atoms with Crippen molar-refractivity contribution in [3.8, 4) is 5.75 Å². The number of nitrogens with zero attached hydrogens (tertiary/aromatic N) is 2. The highest BCUT2D eigenvalue weighted by Crippen LogP contribution is 2.59. The first-order chi connectivity index (χ1) is 21.2. The summed E-state index contributed by atoms with van der Waals surface area (Å²) in [6, 6.07) is 20.1. The highest BCUT2D eigenvalue weighted by Gasteiger charge is 2.62. The number of amides is 4. The Bertz CT molecular complexity index is 1730. The Hall–Kier alpha value is -4.04. The van der Waals surface area contributed by atoms with E-state index >= 15 is 0 Å². The van der Waals surface area contributed by atoms with Crippen LogP contribution in [0.1, 0.15) is 49.3 Å². The van der Waals surface area contributed by atoms with Gasteiger partial charge in [0, 0.05) is 16.0 Å². The van der Waals surface area contributed by atoms with Crippen LogP contribution in [0.25, 0.3) is 0 Å². The molecule has 6 unspecified atom stereocenters. The van der Waals surface area contributed by atoms with Crippen molar-refractivity contribution >= 4 is 50.9 Å². The van der Waals surface area contributed by atoms with E-state index in [4.69, 9.17) is 0 Å². The Morgan fingerprint density at radius 2 is 1.25 bits per heavy atom. The van der Waals surface area contributed by atoms with Crippen molar-refractivity contribution in [2.45, 2.75) is 45.4 Å². The highest BCUT2D eigenvalue weighted by molar-refractivity contribution is 9.10. The van der Waals surface area contributed by atoms with Gasteiger partial charge in [-0.05, 0) is 85.2 Å². The number of carbonyl (C=O) groups excluding carboxylic acids is 4. The molecule has 3 fully saturated rings. The van der Waals surface area contributed by atoms with Crippen LogP contribution < -0.4 is 9.80 Å². The normalized spacial score (nSPS) is 27.8. The van der Waals surface area contributed by atoms with Gasteiger partial charge in [-0.3, -0.25) is 29.0 Å². The Labute approximate surface area is 264 Å². The fraction of sp³-hybridized carbons (Fsp3) is 0.333. The fourth-order valence-corrected chi connectivity index (χ4v) is 8.36. The molecule has 0 spiro atoms. The molecule has 6 atom stereocenters. The molecule has 3 aromatic carbocycles. The molecule has 44 heavy (non-hydrogen) atoms. The summed E-state index contributed by atoms with van der Waals surface area (Å²) >= 11 is 3.52. The largest absolute Gasteiger partial charge is 0.508 e. The lowest BCUT2D eigenvalue weighted by molar-refractivity contribution is -0.126. The predicted octanol–water partition coefficient (Wildman–Crippen LogP) is 6.32. The van der Waals surface area contributed by atoms with Crippen molar-refractivity contribution < 1.29 is 24.3 Å². The molecule has 0 bridgehead atoms. The van der Waals surface area contributed by atoms with Crippen molar-refractivity contribution in [1.82, 2.24) is 0 Å². The molecule has 0 aromatic heterocycles. The molecule has 4 aliphatic rings. The second-order valence-electron chi connectivity index (χ2n) is 12.3. The van der Waals surface area contributed by atoms with Crippen LogP contribution in [-0.4, -0.2) is 28.7 Å². The zero-order chi connectivity index (χ0) is 30.9. The summed E-state index contributed by atoms with van der Waals surface area (Å²) in [7, 11) is 0. The average molecular weight is 654 g/mol. The molecule has 2 heterocycles. The van der Waals surface area contributed by atoms with Crippen LogP contribution in [0.2, 0.25) is 0 Å². The number of phenolic OH excluding ortho intramolecular Hbond substituents is 1. The Balaban J connectivity index is 1.32. The van der Waals surface area contributed by atoms with E-state index < -0.39 is 35.5 Å². The van der Waals surface area contributed by atoms with Crippen LogP contribution in [0.5, 0.6) is 5.75 Å². The molecule has 0 radical (unpaired) electrons. The first-order valence-electron chi connectivity index (χ1n) is 15.3. The third kappa shape index (κ3) is 4.29. The van der Waals surface area contributed by atoms with Gasteiger partial charge in [0.25, 0.3) is 0 Å². The molecule has 7 rings (SSSR count). The lowest BCUT2D eigenvalue weighted by Crippen LogP contribution is -2.43. The number of fused-ring (bicyclic) bond motifs is 4. The van der Waals surface area contributed by atoms with Crippen LogP contribution in [0.4, 0.5) is 11.4 Å². The number of allylic oxidation sites excluding steroid dienone is 2. The van der Waals surface area contributed by atoms with Crippen LogP contribution in [0.3, 0.4) is 0 Å². The van der Waals surface area contributed by atoms with Crippen LogP contribution in [0.15, 0.2) is 82.9 Å². The number of imide groups is 2. The minimum atomic E-state index is -0.738. The molecule has 4 amide bonds. The summed E-state index contributed by atoms with van der Waals surface area (Å²) in [5.74, 6) is -4.73. The van der Waals surface area contributed by atoms with Gasteiger partial charge in [0.05, 0.1) is 35.0 Å². The van der Waals surface area contributed by atoms with Gasteiger partial charge in [0.15, 0.2) is 0 Å². The second kappa shape index (κ2) is 10.8. The van der Waals surface area contributed by atoms with E-state index in [1.165, 1.54) is 9.80 Å². The smallest absolute Gasteiger partial charge is 0.238 e. The first kappa shape index (κ1) is 28.7. The van der Waals surface area contributed by atoms with E-state index in [-0.39, 0.29) is 29.4 Å². The second-order valence-corrected chi connectivity index (χ2v) is 13.2. The molecule has 3 aromatic rings. The lowest BCUT2D eigenvalue weighted by atomic mass is 9.57. The molecule has 2 aliphatic heterocycles. The molecule has 7 nitrogen and oxygen atoms in total. The van der Waals surface area contributed by atoms with Gasteiger partial charge in [-0.25, -0.2) is 0 Å². The van der Waals surface area contributed by atoms with Gasteiger partial charge >= 0.3 is 0 Å². The molecule has 2 aliphatic carbocycles. The Morgan fingerprint density at radius 3 is 1.82 bits per heavy atom. The summed E-state index contributed by atoms with van der Waals surface area (Å²) in [6.45, 7) is 4.10. The summed E-state index contributed by atoms with van der Waals surface area (Å²) in [6.07, 6.45) is 4.33. The monoisotopic (exact) mass is 652 g/mol. The van der Waals surface area contributed by atoms with Crippen molar-refractivity contribution in [3.63, 3.8) is 0 Å². The number of rotatable bonds is 5. The maximum atomic E-state index is 14.2. The molecule has 224 valence electrons. The minimum Gasteiger partial charge on any atom is -0.508 e. The standard InChI is InChI=1S/C36H33BrN2O5/c1-3-19-5-10-22(11-6-19)38-33(41)25-15-14-24-26(31(25)35(38)43)18-28-32(30(24)27-17-21(37)9-16-29(27)40)36(44)39(34(28)42)23-12-7-20(4-2)8-13-23/h5-14,16-17,25-26,28,30-32,40H,3-4,15,18H2,1-2H3. The number of hydrogen-bond donors (Lipinski definition) is 1. The molecular formula is C36H33BrN2O5. The van der Waals surface area contributed by atoms with Gasteiger partial charge in [0.2, 0.25) is 23.6 Å². The minimum absolute atomic E-state index is 0.0260. The number of phenols is 1. The molecule has 2 saturated heterocycles. The average Bonchev–Trinajstić information content (AvgIpc) is 3.45. The lowest BCUT2D eigenvalue weighted by Gasteiger charge is -2.44. The topological polar surface area (TPSA) is 95.0 Å². The third-order valence-corrected chi connectivity index (χ3v) is 10.7. The van der Waals surface area contributed by atoms with E-state index in [0.717, 1.165) is 34.0 Å². The SMILES string of the molecule is CCc1ccc(N2C(=O)C3CC=C4C(CC5C(=O)N(c6ccc(CC)cc6)C(=O)C5C4c4cc(Br)ccc4O)C3C2=O)cc1. The summed E-state index contributed by atoms with van der Waals surface area (Å²) in [4.78, 5) is 58.9. The van der Waals surface area contributed by atoms with Gasteiger partial charge < -0.3 is 5.11 Å². The zero-order valence-corrected chi connectivity index (χ0v) is 26.2. The Kier molecular flexibility index (Phi) is 7.08. The summed E-state index contributed by atoms with van der Waals surface area (Å²) in [5.41, 5.74) is 4.68. The highest BCUT2D eigenvalue weighted by atomic mass is 79.9. The van der Waals surface area contributed by atoms with Gasteiger partial charge in [-0.1, -0.05) is 65.7 Å². The quantitative estimate of drug-likeness (QED) is 0.257. The van der Waals surface area contributed by atoms with Crippen molar-refractivity contribution in [2.24, 2.45) is 29.6 Å². The van der Waals surface area contributed by atoms with Gasteiger partial charge in [-0.2, -0.15) is 0 Å². The molecular weight excluding hydrogens is 620 g/mol. The summed E-state index contributed by atoms with van der Waals surface area (Å²) in [5, 5.41) is 11.1. The first-order valence-corrected chi connectivity index (χ1v) is 16.1. The van der Waals surface area contributed by atoms with Gasteiger partial charge in [-0.15, -0.1) is 0 Å². The van der Waals surface area contributed by atoms with Crippen LogP contribution in [-0.2, 0) is 32.0 Å². The van der Waals surface area contributed by atoms with Crippen LogP contribution in [0, 0.1) is 29.6 Å². The fourth-order valence-electron chi connectivity index (χ4n) is 7.98. The van der Waals surface area contributed by atoms with Crippen LogP contribution >= 0.6 is 15.9 Å². The van der Waals surface area contributed by atoms with E-state index in [1.807, 2.05) is 49.4 Å². The molecule has 1 saturated carbocycles. The van der Waals surface area contributed by atoms with E-state index in [2.05, 4.69) is 22.9 Å². The van der Waals surface area contributed by atoms with E-state index in [9.17, 15) is 24.3 Å². The number of carbonyl (C=O) groups is 4. The number of halogens is 1. The van der Waals surface area contributed by atoms with Crippen molar-refractivity contribution in [2.75, 3.05) is 9.80 Å². The zero-order valence-electron chi connectivity index (χ0n) is 24.6. The number of anilines is 2. The number of aryl methyl sites for hydroxylation is 2. The summed E-state index contributed by atoms with van der Waals surface area (Å²) < 4.78 is 0.732. The third-order valence-electron chi connectivity index (χ3n) is 10.2. The van der Waals surface area contributed by atoms with Gasteiger partial charge in [0.1, 0.15) is 5.75 Å². The van der Waals surface area contributed by atoms with E-state index in [0.29, 0.717) is 29.8 Å². The maximum Gasteiger partial charge on any atom is 0.238 e. The Morgan fingerprint density at radius 1 is 0.705 bits per heavy atom. The molecule has 8 heteroatoms. The predicted molar refractivity (Wildman–Crippen MR) is 170 cm³/mol. The number of benzene rings is 3. The number of aromatic hydroxyl groups is 1. The number of hydrogen-bond acceptors (Lipinski definition) is 5.